The minimum absolute atomic E-state index is 0.0674. The topological polar surface area (TPSA) is 87.7 Å². The van der Waals surface area contributed by atoms with Crippen molar-refractivity contribution in [1.29, 1.82) is 0 Å². The van der Waals surface area contributed by atoms with Gasteiger partial charge in [0, 0.05) is 17.8 Å². The monoisotopic (exact) mass is 312 g/mol. The summed E-state index contributed by atoms with van der Waals surface area (Å²) in [5.74, 6) is -0.203. The predicted molar refractivity (Wildman–Crippen MR) is 78.9 cm³/mol. The minimum Gasteiger partial charge on any atom is -0.495 e. The van der Waals surface area contributed by atoms with Gasteiger partial charge >= 0.3 is 12.0 Å². The minimum atomic E-state index is -0.916. The van der Waals surface area contributed by atoms with Gasteiger partial charge in [-0.05, 0) is 30.9 Å². The Kier molecular flexibility index (Phi) is 4.90. The summed E-state index contributed by atoms with van der Waals surface area (Å²) in [7, 11) is 1.49. The van der Waals surface area contributed by atoms with E-state index in [1.165, 1.54) is 7.11 Å². The number of aliphatic carboxylic acids is 1. The molecular formula is C14H17ClN2O4. The number of hydrogen-bond acceptors (Lipinski definition) is 3. The average molecular weight is 313 g/mol. The van der Waals surface area contributed by atoms with E-state index in [1.54, 1.807) is 18.2 Å². The number of rotatable bonds is 6. The zero-order valence-electron chi connectivity index (χ0n) is 11.6. The second-order valence-electron chi connectivity index (χ2n) is 4.99. The molecule has 1 saturated carbocycles. The van der Waals surface area contributed by atoms with Crippen LogP contribution < -0.4 is 15.4 Å². The second kappa shape index (κ2) is 6.67. The molecule has 0 aromatic heterocycles. The fourth-order valence-corrected chi connectivity index (χ4v) is 2.29. The van der Waals surface area contributed by atoms with Gasteiger partial charge in [0.1, 0.15) is 5.75 Å². The lowest BCUT2D eigenvalue weighted by atomic mass is 10.1. The van der Waals surface area contributed by atoms with Gasteiger partial charge in [0.2, 0.25) is 0 Å². The summed E-state index contributed by atoms with van der Waals surface area (Å²) in [6.07, 6.45) is 1.84. The summed E-state index contributed by atoms with van der Waals surface area (Å²) in [6.45, 7) is 0. The normalized spacial score (nSPS) is 15.1. The number of hydrogen-bond donors (Lipinski definition) is 3. The van der Waals surface area contributed by atoms with Crippen molar-refractivity contribution < 1.29 is 19.4 Å². The molecule has 0 heterocycles. The molecule has 1 aliphatic rings. The van der Waals surface area contributed by atoms with Gasteiger partial charge in [-0.15, -0.1) is 0 Å². The van der Waals surface area contributed by atoms with Gasteiger partial charge in [0.05, 0.1) is 18.6 Å². The third-order valence-corrected chi connectivity index (χ3v) is 3.62. The fraction of sp³-hybridized carbons (Fsp3) is 0.429. The van der Waals surface area contributed by atoms with Crippen molar-refractivity contribution >= 4 is 29.3 Å². The third-order valence-electron chi connectivity index (χ3n) is 3.31. The van der Waals surface area contributed by atoms with E-state index < -0.39 is 12.0 Å². The van der Waals surface area contributed by atoms with Gasteiger partial charge < -0.3 is 20.5 Å². The van der Waals surface area contributed by atoms with Gasteiger partial charge in [0.15, 0.2) is 0 Å². The molecule has 0 radical (unpaired) electrons. The van der Waals surface area contributed by atoms with Crippen molar-refractivity contribution in [1.82, 2.24) is 5.32 Å². The third kappa shape index (κ3) is 4.53. The number of urea groups is 1. The number of anilines is 1. The highest BCUT2D eigenvalue weighted by atomic mass is 35.5. The lowest BCUT2D eigenvalue weighted by Gasteiger charge is -2.17. The van der Waals surface area contributed by atoms with Gasteiger partial charge in [0.25, 0.3) is 0 Å². The Hall–Kier alpha value is -1.95. The second-order valence-corrected chi connectivity index (χ2v) is 5.40. The van der Waals surface area contributed by atoms with Crippen LogP contribution in [0.2, 0.25) is 5.02 Å². The smallest absolute Gasteiger partial charge is 0.319 e. The Morgan fingerprint density at radius 2 is 2.19 bits per heavy atom. The fourth-order valence-electron chi connectivity index (χ4n) is 2.10. The first-order valence-electron chi connectivity index (χ1n) is 6.62. The van der Waals surface area contributed by atoms with Crippen LogP contribution in [0, 0.1) is 5.92 Å². The van der Waals surface area contributed by atoms with E-state index in [4.69, 9.17) is 21.4 Å². The number of benzene rings is 1. The Balaban J connectivity index is 1.95. The molecule has 114 valence electrons. The predicted octanol–water partition coefficient (Wildman–Crippen LogP) is 2.72. The molecule has 1 aromatic carbocycles. The van der Waals surface area contributed by atoms with E-state index in [2.05, 4.69) is 10.6 Å². The molecule has 1 atom stereocenters. The van der Waals surface area contributed by atoms with E-state index >= 15 is 0 Å². The van der Waals surface area contributed by atoms with Crippen molar-refractivity contribution in [2.75, 3.05) is 12.4 Å². The van der Waals surface area contributed by atoms with Gasteiger partial charge in [-0.2, -0.15) is 0 Å². The van der Waals surface area contributed by atoms with Crippen LogP contribution in [-0.2, 0) is 4.79 Å². The van der Waals surface area contributed by atoms with Crippen LogP contribution in [0.3, 0.4) is 0 Å². The van der Waals surface area contributed by atoms with E-state index in [-0.39, 0.29) is 18.4 Å². The van der Waals surface area contributed by atoms with E-state index in [0.717, 1.165) is 12.8 Å². The van der Waals surface area contributed by atoms with Gasteiger partial charge in [-0.3, -0.25) is 4.79 Å². The molecular weight excluding hydrogens is 296 g/mol. The molecule has 7 heteroatoms. The Morgan fingerprint density at radius 1 is 1.48 bits per heavy atom. The number of nitrogens with one attached hydrogen (secondary N) is 2. The first-order valence-corrected chi connectivity index (χ1v) is 7.00. The number of carbonyl (C=O) groups is 2. The zero-order chi connectivity index (χ0) is 15.4. The number of amides is 2. The Bertz CT molecular complexity index is 546. The standard InChI is InChI=1S/C14H17ClN2O4/c1-21-12-6-9(4-5-10(12)15)16-14(20)17-11(7-13(18)19)8-2-3-8/h4-6,8,11H,2-3,7H2,1H3,(H,18,19)(H2,16,17,20). The quantitative estimate of drug-likeness (QED) is 0.753. The number of carboxylic acid groups (broad SMARTS) is 1. The highest BCUT2D eigenvalue weighted by Crippen LogP contribution is 2.34. The van der Waals surface area contributed by atoms with Crippen LogP contribution in [0.4, 0.5) is 10.5 Å². The summed E-state index contributed by atoms with van der Waals surface area (Å²) in [5.41, 5.74) is 0.527. The van der Waals surface area contributed by atoms with Gasteiger partial charge in [-0.25, -0.2) is 4.79 Å². The average Bonchev–Trinajstić information content (AvgIpc) is 3.24. The molecule has 1 aliphatic carbocycles. The van der Waals surface area contributed by atoms with Crippen molar-refractivity contribution in [3.63, 3.8) is 0 Å². The molecule has 0 saturated heterocycles. The van der Waals surface area contributed by atoms with Crippen molar-refractivity contribution in [3.8, 4) is 5.75 Å². The van der Waals surface area contributed by atoms with E-state index in [9.17, 15) is 9.59 Å². The van der Waals surface area contributed by atoms with Crippen LogP contribution in [0.5, 0.6) is 5.75 Å². The van der Waals surface area contributed by atoms with Crippen LogP contribution in [-0.4, -0.2) is 30.3 Å². The molecule has 3 N–H and O–H groups in total. The molecule has 6 nitrogen and oxygen atoms in total. The maximum absolute atomic E-state index is 11.9. The molecule has 1 unspecified atom stereocenters. The van der Waals surface area contributed by atoms with Gasteiger partial charge in [-0.1, -0.05) is 11.6 Å². The maximum Gasteiger partial charge on any atom is 0.319 e. The summed E-state index contributed by atoms with van der Waals surface area (Å²) in [4.78, 5) is 22.7. The summed E-state index contributed by atoms with van der Waals surface area (Å²) >= 11 is 5.91. The summed E-state index contributed by atoms with van der Waals surface area (Å²) < 4.78 is 5.07. The molecule has 0 bridgehead atoms. The van der Waals surface area contributed by atoms with E-state index in [0.29, 0.717) is 16.5 Å². The molecule has 1 fully saturated rings. The first kappa shape index (κ1) is 15.4. The highest BCUT2D eigenvalue weighted by Gasteiger charge is 2.33. The SMILES string of the molecule is COc1cc(NC(=O)NC(CC(=O)O)C2CC2)ccc1Cl. The molecule has 0 aliphatic heterocycles. The van der Waals surface area contributed by atoms with Crippen LogP contribution in [0.15, 0.2) is 18.2 Å². The lowest BCUT2D eigenvalue weighted by molar-refractivity contribution is -0.137. The Labute approximate surface area is 127 Å². The van der Waals surface area contributed by atoms with Crippen molar-refractivity contribution in [2.24, 2.45) is 5.92 Å². The first-order chi connectivity index (χ1) is 9.99. The number of halogens is 1. The summed E-state index contributed by atoms with van der Waals surface area (Å²) in [5, 5.41) is 14.7. The number of carboxylic acids is 1. The van der Waals surface area contributed by atoms with Crippen molar-refractivity contribution in [3.05, 3.63) is 23.2 Å². The number of ether oxygens (including phenoxy) is 1. The largest absolute Gasteiger partial charge is 0.495 e. The van der Waals surface area contributed by atoms with Crippen LogP contribution in [0.1, 0.15) is 19.3 Å². The van der Waals surface area contributed by atoms with Crippen LogP contribution >= 0.6 is 11.6 Å². The molecule has 1 aromatic rings. The maximum atomic E-state index is 11.9. The molecule has 2 amide bonds. The van der Waals surface area contributed by atoms with Crippen molar-refractivity contribution in [2.45, 2.75) is 25.3 Å². The highest BCUT2D eigenvalue weighted by molar-refractivity contribution is 6.32. The number of methoxy groups -OCH3 is 1. The van der Waals surface area contributed by atoms with E-state index in [1.807, 2.05) is 0 Å². The lowest BCUT2D eigenvalue weighted by Crippen LogP contribution is -2.40. The zero-order valence-corrected chi connectivity index (χ0v) is 12.3. The molecule has 2 rings (SSSR count). The Morgan fingerprint density at radius 3 is 2.76 bits per heavy atom. The summed E-state index contributed by atoms with van der Waals surface area (Å²) in [6, 6.07) is 4.10. The molecule has 0 spiro atoms. The molecule has 21 heavy (non-hydrogen) atoms. The van der Waals surface area contributed by atoms with Crippen LogP contribution in [0.25, 0.3) is 0 Å². The number of carbonyl (C=O) groups excluding carboxylic acids is 1.